The quantitative estimate of drug-likeness (QED) is 0.854. The van der Waals surface area contributed by atoms with Crippen LogP contribution in [0.5, 0.6) is 0 Å². The Hall–Kier alpha value is -0.630. The fourth-order valence-electron chi connectivity index (χ4n) is 2.43. The molecule has 1 aliphatic rings. The van der Waals surface area contributed by atoms with E-state index in [1.807, 2.05) is 0 Å². The fraction of sp³-hybridized carbons (Fsp3) is 0.462. The third kappa shape index (κ3) is 3.59. The second-order valence-corrected chi connectivity index (χ2v) is 7.86. The highest BCUT2D eigenvalue weighted by Gasteiger charge is 2.27. The van der Waals surface area contributed by atoms with Crippen LogP contribution < -0.4 is 5.14 Å². The minimum Gasteiger partial charge on any atom is -0.338 e. The molecule has 1 aliphatic heterocycles. The number of likely N-dealkylation sites (tertiary alicyclic amines) is 1. The number of primary sulfonamides is 1. The average molecular weight is 396 g/mol. The number of carbonyl (C=O) groups excluding carboxylic acids is 1. The van der Waals surface area contributed by atoms with Gasteiger partial charge < -0.3 is 4.90 Å². The van der Waals surface area contributed by atoms with Gasteiger partial charge in [0.05, 0.1) is 14.4 Å². The Morgan fingerprint density at radius 1 is 1.52 bits per heavy atom. The van der Waals surface area contributed by atoms with Crippen molar-refractivity contribution in [2.24, 2.45) is 11.1 Å². The van der Waals surface area contributed by atoms with Gasteiger partial charge in [0.25, 0.3) is 5.91 Å². The van der Waals surface area contributed by atoms with Crippen LogP contribution in [0.2, 0.25) is 5.02 Å². The molecule has 2 rings (SSSR count). The van der Waals surface area contributed by atoms with Crippen molar-refractivity contribution < 1.29 is 13.2 Å². The van der Waals surface area contributed by atoms with Crippen molar-refractivity contribution in [2.75, 3.05) is 13.1 Å². The number of hydrogen-bond acceptors (Lipinski definition) is 3. The summed E-state index contributed by atoms with van der Waals surface area (Å²) in [6, 6.07) is 2.73. The Kier molecular flexibility index (Phi) is 4.97. The Labute approximate surface area is 137 Å². The molecule has 5 nitrogen and oxygen atoms in total. The topological polar surface area (TPSA) is 80.5 Å². The van der Waals surface area contributed by atoms with E-state index in [0.29, 0.717) is 19.0 Å². The highest BCUT2D eigenvalue weighted by molar-refractivity contribution is 9.10. The predicted molar refractivity (Wildman–Crippen MR) is 84.8 cm³/mol. The number of nitrogens with zero attached hydrogens (tertiary/aromatic N) is 1. The van der Waals surface area contributed by atoms with Crippen LogP contribution in [0, 0.1) is 5.92 Å². The minimum absolute atomic E-state index is 0.149. The molecule has 1 aromatic carbocycles. The lowest BCUT2D eigenvalue weighted by Crippen LogP contribution is -2.29. The van der Waals surface area contributed by atoms with Crippen LogP contribution in [0.3, 0.4) is 0 Å². The van der Waals surface area contributed by atoms with Crippen LogP contribution >= 0.6 is 27.5 Å². The Morgan fingerprint density at radius 3 is 2.71 bits per heavy atom. The van der Waals surface area contributed by atoms with Crippen LogP contribution in [0.4, 0.5) is 0 Å². The molecule has 0 saturated carbocycles. The zero-order valence-corrected chi connectivity index (χ0v) is 14.6. The van der Waals surface area contributed by atoms with Gasteiger partial charge in [-0.25, -0.2) is 13.6 Å². The molecule has 1 unspecified atom stereocenters. The van der Waals surface area contributed by atoms with E-state index in [1.165, 1.54) is 12.1 Å². The predicted octanol–water partition coefficient (Wildman–Crippen LogP) is 2.62. The lowest BCUT2D eigenvalue weighted by atomic mass is 10.1. The summed E-state index contributed by atoms with van der Waals surface area (Å²) in [5.41, 5.74) is 0.240. The van der Waals surface area contributed by atoms with Crippen molar-refractivity contribution in [3.63, 3.8) is 0 Å². The van der Waals surface area contributed by atoms with Gasteiger partial charge in [0.1, 0.15) is 0 Å². The highest BCUT2D eigenvalue weighted by atomic mass is 79.9. The molecule has 21 heavy (non-hydrogen) atoms. The zero-order chi connectivity index (χ0) is 15.8. The molecule has 1 amide bonds. The van der Waals surface area contributed by atoms with Gasteiger partial charge in [-0.2, -0.15) is 0 Å². The maximum absolute atomic E-state index is 12.5. The van der Waals surface area contributed by atoms with Gasteiger partial charge >= 0.3 is 0 Å². The molecule has 0 spiro atoms. The molecule has 2 N–H and O–H groups in total. The van der Waals surface area contributed by atoms with Crippen molar-refractivity contribution in [1.29, 1.82) is 0 Å². The molecule has 0 aliphatic carbocycles. The first-order chi connectivity index (χ1) is 9.74. The molecule has 116 valence electrons. The number of halogens is 2. The molecular weight excluding hydrogens is 380 g/mol. The van der Waals surface area contributed by atoms with Gasteiger partial charge in [-0.3, -0.25) is 4.79 Å². The van der Waals surface area contributed by atoms with Gasteiger partial charge in [-0.15, -0.1) is 0 Å². The number of amides is 1. The van der Waals surface area contributed by atoms with E-state index in [1.54, 1.807) is 4.90 Å². The minimum atomic E-state index is -3.95. The molecule has 0 radical (unpaired) electrons. The van der Waals surface area contributed by atoms with E-state index in [4.69, 9.17) is 16.7 Å². The van der Waals surface area contributed by atoms with Gasteiger partial charge in [0.2, 0.25) is 10.0 Å². The number of carbonyl (C=O) groups is 1. The van der Waals surface area contributed by atoms with Gasteiger partial charge in [-0.05, 0) is 40.4 Å². The van der Waals surface area contributed by atoms with E-state index in [9.17, 15) is 13.2 Å². The van der Waals surface area contributed by atoms with Crippen LogP contribution in [0.15, 0.2) is 21.5 Å². The maximum atomic E-state index is 12.5. The number of nitrogens with two attached hydrogens (primary N) is 1. The standard InChI is InChI=1S/C13H16BrClN2O3S/c1-2-8-3-4-17(7-8)13(18)9-5-10(15)12(14)11(6-9)21(16,19)20/h5-6,8H,2-4,7H2,1H3,(H2,16,19,20). The number of benzene rings is 1. The first-order valence-corrected chi connectivity index (χ1v) is 9.27. The fourth-order valence-corrected chi connectivity index (χ4v) is 4.26. The summed E-state index contributed by atoms with van der Waals surface area (Å²) >= 11 is 9.08. The van der Waals surface area contributed by atoms with Crippen LogP contribution in [0.1, 0.15) is 30.1 Å². The van der Waals surface area contributed by atoms with E-state index >= 15 is 0 Å². The van der Waals surface area contributed by atoms with Gasteiger partial charge in [0.15, 0.2) is 0 Å². The van der Waals surface area contributed by atoms with Crippen molar-refractivity contribution in [2.45, 2.75) is 24.7 Å². The first-order valence-electron chi connectivity index (χ1n) is 6.55. The second kappa shape index (κ2) is 6.24. The van der Waals surface area contributed by atoms with E-state index < -0.39 is 10.0 Å². The number of sulfonamides is 1. The smallest absolute Gasteiger partial charge is 0.253 e. The third-order valence-corrected chi connectivity index (χ3v) is 6.28. The summed E-state index contributed by atoms with van der Waals surface area (Å²) in [7, 11) is -3.95. The molecule has 1 saturated heterocycles. The Morgan fingerprint density at radius 2 is 2.19 bits per heavy atom. The molecule has 1 atom stereocenters. The number of rotatable bonds is 3. The van der Waals surface area contributed by atoms with Gasteiger partial charge in [0, 0.05) is 18.7 Å². The van der Waals surface area contributed by atoms with Crippen molar-refractivity contribution in [3.8, 4) is 0 Å². The first kappa shape index (κ1) is 16.7. The van der Waals surface area contributed by atoms with E-state index in [2.05, 4.69) is 22.9 Å². The van der Waals surface area contributed by atoms with Crippen LogP contribution in [-0.4, -0.2) is 32.3 Å². The average Bonchev–Trinajstić information content (AvgIpc) is 2.88. The summed E-state index contributed by atoms with van der Waals surface area (Å²) < 4.78 is 23.3. The summed E-state index contributed by atoms with van der Waals surface area (Å²) in [6.07, 6.45) is 1.99. The summed E-state index contributed by atoms with van der Waals surface area (Å²) in [4.78, 5) is 14.0. The third-order valence-electron chi connectivity index (χ3n) is 3.70. The largest absolute Gasteiger partial charge is 0.338 e. The van der Waals surface area contributed by atoms with Crippen molar-refractivity contribution in [3.05, 3.63) is 27.2 Å². The molecule has 1 heterocycles. The molecule has 8 heteroatoms. The molecule has 0 aromatic heterocycles. The zero-order valence-electron chi connectivity index (χ0n) is 11.5. The Balaban J connectivity index is 2.37. The van der Waals surface area contributed by atoms with E-state index in [0.717, 1.165) is 12.8 Å². The van der Waals surface area contributed by atoms with Gasteiger partial charge in [-0.1, -0.05) is 24.9 Å². The molecular formula is C13H16BrClN2O3S. The molecule has 0 bridgehead atoms. The van der Waals surface area contributed by atoms with Crippen molar-refractivity contribution in [1.82, 2.24) is 4.90 Å². The molecule has 1 aromatic rings. The lowest BCUT2D eigenvalue weighted by Gasteiger charge is -2.17. The maximum Gasteiger partial charge on any atom is 0.253 e. The van der Waals surface area contributed by atoms with E-state index in [-0.39, 0.29) is 25.9 Å². The SMILES string of the molecule is CCC1CCN(C(=O)c2cc(Cl)c(Br)c(S(N)(=O)=O)c2)C1. The normalized spacial score (nSPS) is 19.0. The number of hydrogen-bond donors (Lipinski definition) is 1. The van der Waals surface area contributed by atoms with Crippen LogP contribution in [0.25, 0.3) is 0 Å². The summed E-state index contributed by atoms with van der Waals surface area (Å²) in [6.45, 7) is 3.46. The monoisotopic (exact) mass is 394 g/mol. The van der Waals surface area contributed by atoms with Crippen LogP contribution in [-0.2, 0) is 10.0 Å². The molecule has 1 fully saturated rings. The summed E-state index contributed by atoms with van der Waals surface area (Å²) in [5.74, 6) is 0.280. The van der Waals surface area contributed by atoms with Crippen molar-refractivity contribution >= 4 is 43.5 Å². The second-order valence-electron chi connectivity index (χ2n) is 5.13. The summed E-state index contributed by atoms with van der Waals surface area (Å²) in [5, 5.41) is 5.30. The lowest BCUT2D eigenvalue weighted by molar-refractivity contribution is 0.0786. The highest BCUT2D eigenvalue weighted by Crippen LogP contribution is 2.31. The Bertz CT molecular complexity index is 678.